The number of benzene rings is 9. The Hall–Kier alpha value is -7.42. The standard InChI is InChI=1S/C58H41NO/c1-57(40-17-5-3-6-18-40)52-26-13-10-23-46(52)50-36-43(30-33-53(50)57)59(42-21-15-16-38(34-42)39-28-31-49-48-24-11-14-27-55(48)60-56(49)35-39)44-29-32-47-45-22-9-12-25-51(45)58(2,54(47)37-44)41-19-7-4-8-20-41/h3-37H,1-2H3. The molecular formula is C58H41NO. The Morgan fingerprint density at radius 2 is 0.867 bits per heavy atom. The minimum absolute atomic E-state index is 0.275. The summed E-state index contributed by atoms with van der Waals surface area (Å²) in [4.78, 5) is 2.46. The molecule has 0 aliphatic heterocycles. The molecule has 1 aromatic heterocycles. The summed E-state index contributed by atoms with van der Waals surface area (Å²) in [6, 6.07) is 78.0. The van der Waals surface area contributed by atoms with Gasteiger partial charge in [0.15, 0.2) is 0 Å². The van der Waals surface area contributed by atoms with Gasteiger partial charge in [-0.05, 0) is 135 Å². The van der Waals surface area contributed by atoms with Crippen LogP contribution in [0.15, 0.2) is 217 Å². The second kappa shape index (κ2) is 13.0. The van der Waals surface area contributed by atoms with Crippen LogP contribution in [0.2, 0.25) is 0 Å². The molecule has 0 amide bonds. The number of hydrogen-bond donors (Lipinski definition) is 0. The van der Waals surface area contributed by atoms with Crippen LogP contribution in [0.25, 0.3) is 55.3 Å². The fourth-order valence-electron chi connectivity index (χ4n) is 10.6. The zero-order chi connectivity index (χ0) is 40.0. The predicted molar refractivity (Wildman–Crippen MR) is 249 cm³/mol. The monoisotopic (exact) mass is 767 g/mol. The molecular weight excluding hydrogens is 727 g/mol. The fourth-order valence-corrected chi connectivity index (χ4v) is 10.6. The van der Waals surface area contributed by atoms with E-state index in [9.17, 15) is 0 Å². The highest BCUT2D eigenvalue weighted by atomic mass is 16.3. The van der Waals surface area contributed by atoms with Crippen molar-refractivity contribution in [1.82, 2.24) is 0 Å². The Morgan fingerprint density at radius 3 is 1.62 bits per heavy atom. The van der Waals surface area contributed by atoms with E-state index >= 15 is 0 Å². The summed E-state index contributed by atoms with van der Waals surface area (Å²) in [5.74, 6) is 0. The predicted octanol–water partition coefficient (Wildman–Crippen LogP) is 15.4. The molecule has 284 valence electrons. The molecule has 2 unspecified atom stereocenters. The van der Waals surface area contributed by atoms with Crippen LogP contribution >= 0.6 is 0 Å². The first kappa shape index (κ1) is 34.6. The smallest absolute Gasteiger partial charge is 0.136 e. The number of hydrogen-bond acceptors (Lipinski definition) is 2. The van der Waals surface area contributed by atoms with Crippen LogP contribution in [0.3, 0.4) is 0 Å². The Labute approximate surface area is 350 Å². The van der Waals surface area contributed by atoms with Gasteiger partial charge in [-0.2, -0.15) is 0 Å². The zero-order valence-corrected chi connectivity index (χ0v) is 33.6. The van der Waals surface area contributed by atoms with Crippen LogP contribution in [-0.4, -0.2) is 0 Å². The van der Waals surface area contributed by atoms with Crippen LogP contribution in [0.5, 0.6) is 0 Å². The summed E-state index contributed by atoms with van der Waals surface area (Å²) in [5, 5.41) is 2.27. The van der Waals surface area contributed by atoms with Crippen LogP contribution < -0.4 is 4.90 Å². The SMILES string of the molecule is CC1(c2ccccc2)c2ccccc2-c2cc(N(c3cccc(-c4ccc5c(c4)oc4ccccc45)c3)c3ccc4c(c3)C(C)(c3ccccc3)c3ccccc3-4)ccc21. The number of furan rings is 1. The summed E-state index contributed by atoms with van der Waals surface area (Å²) in [5.41, 5.74) is 19.8. The van der Waals surface area contributed by atoms with Crippen LogP contribution in [0, 0.1) is 0 Å². The molecule has 2 aliphatic carbocycles. The summed E-state index contributed by atoms with van der Waals surface area (Å²) in [7, 11) is 0. The van der Waals surface area contributed by atoms with Crippen LogP contribution in [0.1, 0.15) is 47.2 Å². The zero-order valence-electron chi connectivity index (χ0n) is 33.6. The van der Waals surface area contributed by atoms with E-state index in [0.717, 1.165) is 50.1 Å². The van der Waals surface area contributed by atoms with Crippen LogP contribution in [-0.2, 0) is 10.8 Å². The third-order valence-corrected chi connectivity index (χ3v) is 13.6. The Kier molecular flexibility index (Phi) is 7.52. The van der Waals surface area contributed by atoms with Gasteiger partial charge < -0.3 is 9.32 Å². The third-order valence-electron chi connectivity index (χ3n) is 13.6. The molecule has 12 rings (SSSR count). The maximum atomic E-state index is 6.37. The van der Waals surface area contributed by atoms with E-state index < -0.39 is 0 Å². The van der Waals surface area contributed by atoms with Crippen LogP contribution in [0.4, 0.5) is 17.1 Å². The van der Waals surface area contributed by atoms with Gasteiger partial charge in [-0.1, -0.05) is 158 Å². The number of anilines is 3. The lowest BCUT2D eigenvalue weighted by Crippen LogP contribution is -2.23. The number of nitrogens with zero attached hydrogens (tertiary/aromatic N) is 1. The van der Waals surface area contributed by atoms with E-state index in [1.807, 2.05) is 12.1 Å². The Balaban J connectivity index is 1.07. The molecule has 9 aromatic carbocycles. The van der Waals surface area contributed by atoms with Gasteiger partial charge >= 0.3 is 0 Å². The van der Waals surface area contributed by atoms with Crippen molar-refractivity contribution in [3.8, 4) is 33.4 Å². The first-order valence-electron chi connectivity index (χ1n) is 20.9. The van der Waals surface area contributed by atoms with Crippen molar-refractivity contribution in [2.45, 2.75) is 24.7 Å². The molecule has 60 heavy (non-hydrogen) atoms. The highest BCUT2D eigenvalue weighted by Crippen LogP contribution is 2.56. The van der Waals surface area contributed by atoms with Gasteiger partial charge in [0.05, 0.1) is 0 Å². The van der Waals surface area contributed by atoms with Crippen molar-refractivity contribution in [3.05, 3.63) is 246 Å². The molecule has 0 N–H and O–H groups in total. The minimum atomic E-state index is -0.326. The molecule has 2 nitrogen and oxygen atoms in total. The van der Waals surface area contributed by atoms with Gasteiger partial charge in [0.25, 0.3) is 0 Å². The minimum Gasteiger partial charge on any atom is -0.456 e. The summed E-state index contributed by atoms with van der Waals surface area (Å²) in [6.07, 6.45) is 0. The summed E-state index contributed by atoms with van der Waals surface area (Å²) in [6.45, 7) is 4.78. The van der Waals surface area contributed by atoms with Crippen molar-refractivity contribution in [3.63, 3.8) is 0 Å². The Bertz CT molecular complexity index is 3310. The number of fused-ring (bicyclic) bond motifs is 9. The molecule has 10 aromatic rings. The van der Waals surface area contributed by atoms with Gasteiger partial charge in [0.2, 0.25) is 0 Å². The lowest BCUT2D eigenvalue weighted by atomic mass is 9.74. The molecule has 0 radical (unpaired) electrons. The molecule has 2 heteroatoms. The largest absolute Gasteiger partial charge is 0.456 e. The van der Waals surface area contributed by atoms with Crippen molar-refractivity contribution < 1.29 is 4.42 Å². The third kappa shape index (κ3) is 4.94. The van der Waals surface area contributed by atoms with Gasteiger partial charge in [-0.3, -0.25) is 0 Å². The van der Waals surface area contributed by atoms with E-state index in [1.165, 1.54) is 55.6 Å². The molecule has 0 fully saturated rings. The van der Waals surface area contributed by atoms with E-state index in [4.69, 9.17) is 4.42 Å². The summed E-state index contributed by atoms with van der Waals surface area (Å²) < 4.78 is 6.37. The quantitative estimate of drug-likeness (QED) is 0.168. The van der Waals surface area contributed by atoms with Crippen molar-refractivity contribution in [2.75, 3.05) is 4.90 Å². The highest BCUT2D eigenvalue weighted by molar-refractivity contribution is 6.06. The van der Waals surface area contributed by atoms with E-state index in [-0.39, 0.29) is 10.8 Å². The molecule has 0 saturated carbocycles. The van der Waals surface area contributed by atoms with Crippen molar-refractivity contribution in [2.24, 2.45) is 0 Å². The molecule has 0 bridgehead atoms. The van der Waals surface area contributed by atoms with Gasteiger partial charge in [0, 0.05) is 38.7 Å². The highest BCUT2D eigenvalue weighted by Gasteiger charge is 2.42. The normalized spacial score (nSPS) is 17.3. The average Bonchev–Trinajstić information content (AvgIpc) is 3.91. The first-order chi connectivity index (χ1) is 29.5. The fraction of sp³-hybridized carbons (Fsp3) is 0.0690. The van der Waals surface area contributed by atoms with E-state index in [1.54, 1.807) is 0 Å². The molecule has 2 atom stereocenters. The molecule has 0 saturated heterocycles. The molecule has 2 aliphatic rings. The first-order valence-corrected chi connectivity index (χ1v) is 20.9. The number of para-hydroxylation sites is 1. The Morgan fingerprint density at radius 1 is 0.333 bits per heavy atom. The van der Waals surface area contributed by atoms with Gasteiger partial charge in [0.1, 0.15) is 11.2 Å². The van der Waals surface area contributed by atoms with Gasteiger partial charge in [-0.25, -0.2) is 0 Å². The number of rotatable bonds is 6. The molecule has 1 heterocycles. The van der Waals surface area contributed by atoms with Crippen molar-refractivity contribution >= 4 is 39.0 Å². The lowest BCUT2D eigenvalue weighted by molar-refractivity contribution is 0.669. The van der Waals surface area contributed by atoms with Crippen molar-refractivity contribution in [1.29, 1.82) is 0 Å². The topological polar surface area (TPSA) is 16.4 Å². The summed E-state index contributed by atoms with van der Waals surface area (Å²) >= 11 is 0. The van der Waals surface area contributed by atoms with Gasteiger partial charge in [-0.15, -0.1) is 0 Å². The molecule has 0 spiro atoms. The second-order valence-electron chi connectivity index (χ2n) is 16.7. The van der Waals surface area contributed by atoms with E-state index in [2.05, 4.69) is 219 Å². The lowest BCUT2D eigenvalue weighted by Gasteiger charge is -2.31. The maximum absolute atomic E-state index is 6.37. The average molecular weight is 768 g/mol. The maximum Gasteiger partial charge on any atom is 0.136 e. The van der Waals surface area contributed by atoms with E-state index in [0.29, 0.717) is 0 Å². The second-order valence-corrected chi connectivity index (χ2v) is 16.7.